The Hall–Kier alpha value is -1.88. The maximum Gasteiger partial charge on any atom is 0.334 e. The normalized spacial score (nSPS) is 11.8. The number of hydrogen-bond donors (Lipinski definition) is 0. The van der Waals surface area contributed by atoms with Crippen LogP contribution in [0.4, 0.5) is 0 Å². The van der Waals surface area contributed by atoms with Crippen molar-refractivity contribution in [2.75, 3.05) is 0 Å². The van der Waals surface area contributed by atoms with Crippen LogP contribution in [0.2, 0.25) is 13.1 Å². The average molecular weight is 292 g/mol. The minimum atomic E-state index is -1.50. The molecule has 0 radical (unpaired) electrons. The third kappa shape index (κ3) is 5.84. The molecule has 0 aliphatic heterocycles. The first-order valence-corrected chi connectivity index (χ1v) is 9.38. The second kappa shape index (κ2) is 8.32. The fourth-order valence-corrected chi connectivity index (χ4v) is 2.28. The van der Waals surface area contributed by atoms with Gasteiger partial charge in [0, 0.05) is 6.08 Å². The van der Waals surface area contributed by atoms with E-state index in [1.54, 1.807) is 0 Å². The van der Waals surface area contributed by atoms with Crippen molar-refractivity contribution in [2.45, 2.75) is 32.0 Å². The third-order valence-corrected chi connectivity index (χ3v) is 3.28. The van der Waals surface area contributed by atoms with Crippen molar-refractivity contribution >= 4 is 21.0 Å². The summed E-state index contributed by atoms with van der Waals surface area (Å²) in [6.07, 6.45) is 1.24. The molecule has 1 atom stereocenters. The van der Waals surface area contributed by atoms with E-state index in [1.807, 2.05) is 43.4 Å². The summed E-state index contributed by atoms with van der Waals surface area (Å²) < 4.78 is 10.3. The van der Waals surface area contributed by atoms with Gasteiger partial charge in [-0.1, -0.05) is 36.9 Å². The van der Waals surface area contributed by atoms with E-state index in [1.165, 1.54) is 0 Å². The van der Waals surface area contributed by atoms with Crippen molar-refractivity contribution in [3.63, 3.8) is 0 Å². The predicted molar refractivity (Wildman–Crippen MR) is 79.8 cm³/mol. The summed E-state index contributed by atoms with van der Waals surface area (Å²) in [7, 11) is -1.50. The largest absolute Gasteiger partial charge is 0.520 e. The number of benzene rings is 1. The summed E-state index contributed by atoms with van der Waals surface area (Å²) in [5, 5.41) is 0. The van der Waals surface area contributed by atoms with Gasteiger partial charge in [0.05, 0.1) is 0 Å². The quantitative estimate of drug-likeness (QED) is 0.439. The molecule has 5 heteroatoms. The molecule has 108 valence electrons. The van der Waals surface area contributed by atoms with Crippen LogP contribution in [-0.4, -0.2) is 27.1 Å². The number of rotatable bonds is 7. The second-order valence-corrected chi connectivity index (χ2v) is 6.97. The molecule has 0 aliphatic rings. The van der Waals surface area contributed by atoms with Gasteiger partial charge in [-0.25, -0.2) is 9.59 Å². The Balaban J connectivity index is 2.64. The first-order valence-electron chi connectivity index (χ1n) is 6.60. The molecule has 4 nitrogen and oxygen atoms in total. The van der Waals surface area contributed by atoms with Gasteiger partial charge in [-0.05, 0) is 31.5 Å². The zero-order chi connectivity index (χ0) is 15.0. The maximum absolute atomic E-state index is 11.9. The molecule has 0 aromatic heterocycles. The van der Waals surface area contributed by atoms with Gasteiger partial charge in [-0.3, -0.25) is 0 Å². The first kappa shape index (κ1) is 16.2. The van der Waals surface area contributed by atoms with E-state index in [2.05, 4.69) is 6.58 Å². The van der Waals surface area contributed by atoms with Crippen LogP contribution < -0.4 is 0 Å². The molecule has 0 aliphatic carbocycles. The molecule has 0 amide bonds. The van der Waals surface area contributed by atoms with Crippen LogP contribution >= 0.6 is 0 Å². The molecule has 0 saturated carbocycles. The Bertz CT molecular complexity index is 456. The van der Waals surface area contributed by atoms with E-state index >= 15 is 0 Å². The Morgan fingerprint density at radius 1 is 1.30 bits per heavy atom. The van der Waals surface area contributed by atoms with Crippen molar-refractivity contribution in [2.24, 2.45) is 0 Å². The fourth-order valence-electron chi connectivity index (χ4n) is 1.66. The zero-order valence-corrected chi connectivity index (χ0v) is 13.0. The van der Waals surface area contributed by atoms with E-state index in [-0.39, 0.29) is 0 Å². The Morgan fingerprint density at radius 2 is 1.95 bits per heavy atom. The molecule has 0 fully saturated rings. The highest BCUT2D eigenvalue weighted by atomic mass is 28.3. The van der Waals surface area contributed by atoms with Gasteiger partial charge in [-0.2, -0.15) is 0 Å². The zero-order valence-electron chi connectivity index (χ0n) is 11.9. The first-order chi connectivity index (χ1) is 9.52. The Kier molecular flexibility index (Phi) is 6.73. The number of ether oxygens (including phenoxy) is 1. The highest BCUT2D eigenvalue weighted by Crippen LogP contribution is 2.10. The topological polar surface area (TPSA) is 52.6 Å². The van der Waals surface area contributed by atoms with Crippen LogP contribution in [0.5, 0.6) is 0 Å². The van der Waals surface area contributed by atoms with E-state index in [9.17, 15) is 9.59 Å². The van der Waals surface area contributed by atoms with Crippen LogP contribution in [-0.2, 0) is 25.2 Å². The van der Waals surface area contributed by atoms with Crippen LogP contribution in [0.1, 0.15) is 12.0 Å². The molecule has 0 saturated heterocycles. The lowest BCUT2D eigenvalue weighted by Crippen LogP contribution is -2.32. The predicted octanol–water partition coefficient (Wildman–Crippen LogP) is 2.24. The minimum Gasteiger partial charge on any atom is -0.520 e. The molecule has 0 N–H and O–H groups in total. The summed E-state index contributed by atoms with van der Waals surface area (Å²) >= 11 is 0. The molecule has 20 heavy (non-hydrogen) atoms. The summed E-state index contributed by atoms with van der Waals surface area (Å²) in [4.78, 5) is 23.2. The average Bonchev–Trinajstić information content (AvgIpc) is 2.43. The molecule has 1 aromatic carbocycles. The standard InChI is InChI=1S/C15H20O4Si/c1-4-14(16)18-13(15(17)19-20(2)3)11-10-12-8-6-5-7-9-12/h4-9,13,20H,1,10-11H2,2-3H3. The van der Waals surface area contributed by atoms with Crippen molar-refractivity contribution < 1.29 is 18.8 Å². The molecule has 1 unspecified atom stereocenters. The molecule has 0 bridgehead atoms. The molecule has 0 heterocycles. The fraction of sp³-hybridized carbons (Fsp3) is 0.333. The monoisotopic (exact) mass is 292 g/mol. The van der Waals surface area contributed by atoms with Gasteiger partial charge in [0.15, 0.2) is 6.10 Å². The van der Waals surface area contributed by atoms with Gasteiger partial charge in [-0.15, -0.1) is 0 Å². The Morgan fingerprint density at radius 3 is 2.50 bits per heavy atom. The van der Waals surface area contributed by atoms with Crippen molar-refractivity contribution in [1.29, 1.82) is 0 Å². The third-order valence-electron chi connectivity index (χ3n) is 2.58. The molecule has 1 aromatic rings. The summed E-state index contributed by atoms with van der Waals surface area (Å²) in [6, 6.07) is 9.72. The van der Waals surface area contributed by atoms with E-state index in [0.29, 0.717) is 12.8 Å². The SMILES string of the molecule is C=CC(=O)OC(CCc1ccccc1)C(=O)O[SiH](C)C. The summed E-state index contributed by atoms with van der Waals surface area (Å²) in [6.45, 7) is 7.11. The second-order valence-electron chi connectivity index (χ2n) is 4.64. The number of carbonyl (C=O) groups is 2. The summed E-state index contributed by atoms with van der Waals surface area (Å²) in [5.74, 6) is -1.07. The van der Waals surface area contributed by atoms with Gasteiger partial charge >= 0.3 is 11.9 Å². The lowest BCUT2D eigenvalue weighted by atomic mass is 10.1. The van der Waals surface area contributed by atoms with E-state index in [4.69, 9.17) is 9.16 Å². The lowest BCUT2D eigenvalue weighted by Gasteiger charge is -2.17. The molecule has 0 spiro atoms. The van der Waals surface area contributed by atoms with E-state index < -0.39 is 27.1 Å². The number of esters is 1. The van der Waals surface area contributed by atoms with Crippen LogP contribution in [0.25, 0.3) is 0 Å². The van der Waals surface area contributed by atoms with E-state index in [0.717, 1.165) is 11.6 Å². The summed E-state index contributed by atoms with van der Waals surface area (Å²) in [5.41, 5.74) is 1.08. The van der Waals surface area contributed by atoms with Crippen molar-refractivity contribution in [3.8, 4) is 0 Å². The number of hydrogen-bond acceptors (Lipinski definition) is 4. The van der Waals surface area contributed by atoms with Gasteiger partial charge in [0.2, 0.25) is 9.04 Å². The van der Waals surface area contributed by atoms with Crippen molar-refractivity contribution in [1.82, 2.24) is 0 Å². The highest BCUT2D eigenvalue weighted by molar-refractivity contribution is 6.50. The minimum absolute atomic E-state index is 0.406. The molecular formula is C15H20O4Si. The van der Waals surface area contributed by atoms with Gasteiger partial charge in [0.25, 0.3) is 0 Å². The lowest BCUT2D eigenvalue weighted by molar-refractivity contribution is -0.159. The number of carbonyl (C=O) groups excluding carboxylic acids is 2. The maximum atomic E-state index is 11.9. The number of aryl methyl sites for hydroxylation is 1. The molecular weight excluding hydrogens is 272 g/mol. The van der Waals surface area contributed by atoms with Crippen molar-refractivity contribution in [3.05, 3.63) is 48.6 Å². The Labute approximate surface area is 121 Å². The smallest absolute Gasteiger partial charge is 0.334 e. The van der Waals surface area contributed by atoms with Crippen LogP contribution in [0, 0.1) is 0 Å². The van der Waals surface area contributed by atoms with Crippen LogP contribution in [0.3, 0.4) is 0 Å². The van der Waals surface area contributed by atoms with Crippen LogP contribution in [0.15, 0.2) is 43.0 Å². The molecule has 1 rings (SSSR count). The van der Waals surface area contributed by atoms with Gasteiger partial charge < -0.3 is 9.16 Å². The van der Waals surface area contributed by atoms with Gasteiger partial charge in [0.1, 0.15) is 0 Å². The highest BCUT2D eigenvalue weighted by Gasteiger charge is 2.24.